The molecule has 0 bridgehead atoms. The van der Waals surface area contributed by atoms with Crippen LogP contribution in [0.5, 0.6) is 0 Å². The van der Waals surface area contributed by atoms with Gasteiger partial charge >= 0.3 is 0 Å². The Morgan fingerprint density at radius 2 is 1.56 bits per heavy atom. The van der Waals surface area contributed by atoms with Crippen LogP contribution < -0.4 is 5.32 Å². The van der Waals surface area contributed by atoms with Crippen LogP contribution in [0.2, 0.25) is 0 Å². The van der Waals surface area contributed by atoms with Gasteiger partial charge in [-0.1, -0.05) is 42.5 Å². The van der Waals surface area contributed by atoms with Crippen molar-refractivity contribution in [3.05, 3.63) is 60.2 Å². The van der Waals surface area contributed by atoms with Gasteiger partial charge in [0.05, 0.1) is 6.54 Å². The van der Waals surface area contributed by atoms with E-state index in [9.17, 15) is 9.59 Å². The molecule has 3 heteroatoms. The number of hydrogen-bond acceptors (Lipinski definition) is 2. The maximum atomic E-state index is 11.6. The number of nitrogens with one attached hydrogen (secondary N) is 1. The lowest BCUT2D eigenvalue weighted by molar-refractivity contribution is -0.107. The average Bonchev–Trinajstić information content (AvgIpc) is 2.46. The van der Waals surface area contributed by atoms with E-state index in [4.69, 9.17) is 0 Å². The fourth-order valence-corrected chi connectivity index (χ4v) is 1.68. The lowest BCUT2D eigenvalue weighted by Crippen LogP contribution is -2.24. The standard InChI is InChI=1S/C15H13NO2/c17-11-10-16-15(18)14-8-6-13(7-9-14)12-4-2-1-3-5-12/h1-9,11H,10H2,(H,16,18). The molecule has 0 aromatic heterocycles. The van der Waals surface area contributed by atoms with Crippen molar-refractivity contribution in [3.8, 4) is 11.1 Å². The zero-order chi connectivity index (χ0) is 12.8. The minimum absolute atomic E-state index is 0.0409. The Hall–Kier alpha value is -2.42. The fraction of sp³-hybridized carbons (Fsp3) is 0.0667. The molecule has 0 saturated heterocycles. The highest BCUT2D eigenvalue weighted by Crippen LogP contribution is 2.19. The van der Waals surface area contributed by atoms with Crippen LogP contribution in [0, 0.1) is 0 Å². The molecule has 3 nitrogen and oxygen atoms in total. The molecule has 0 atom stereocenters. The molecule has 1 amide bonds. The topological polar surface area (TPSA) is 46.2 Å². The number of aldehydes is 1. The van der Waals surface area contributed by atoms with Crippen LogP contribution in [0.25, 0.3) is 11.1 Å². The van der Waals surface area contributed by atoms with Gasteiger partial charge in [0.2, 0.25) is 0 Å². The smallest absolute Gasteiger partial charge is 0.251 e. The first-order valence-electron chi connectivity index (χ1n) is 5.68. The fourth-order valence-electron chi connectivity index (χ4n) is 1.68. The van der Waals surface area contributed by atoms with E-state index in [1.54, 1.807) is 12.1 Å². The van der Waals surface area contributed by atoms with Crippen molar-refractivity contribution in [3.63, 3.8) is 0 Å². The van der Waals surface area contributed by atoms with Crippen molar-refractivity contribution in [1.82, 2.24) is 5.32 Å². The summed E-state index contributed by atoms with van der Waals surface area (Å²) >= 11 is 0. The molecular weight excluding hydrogens is 226 g/mol. The van der Waals surface area contributed by atoms with Gasteiger partial charge in [-0.2, -0.15) is 0 Å². The molecule has 0 unspecified atom stereocenters. The first-order chi connectivity index (χ1) is 8.81. The average molecular weight is 239 g/mol. The number of benzene rings is 2. The Kier molecular flexibility index (Phi) is 3.86. The van der Waals surface area contributed by atoms with Gasteiger partial charge in [-0.05, 0) is 23.3 Å². The molecule has 0 aliphatic carbocycles. The van der Waals surface area contributed by atoms with Crippen LogP contribution in [0.3, 0.4) is 0 Å². The quantitative estimate of drug-likeness (QED) is 0.832. The third-order valence-corrected chi connectivity index (χ3v) is 2.60. The first kappa shape index (κ1) is 12.0. The van der Waals surface area contributed by atoms with Gasteiger partial charge in [0.1, 0.15) is 6.29 Å². The van der Waals surface area contributed by atoms with Crippen molar-refractivity contribution in [1.29, 1.82) is 0 Å². The lowest BCUT2D eigenvalue weighted by atomic mass is 10.0. The zero-order valence-corrected chi connectivity index (χ0v) is 9.80. The highest BCUT2D eigenvalue weighted by Gasteiger charge is 2.04. The third-order valence-electron chi connectivity index (χ3n) is 2.60. The van der Waals surface area contributed by atoms with Crippen LogP contribution in [0.4, 0.5) is 0 Å². The van der Waals surface area contributed by atoms with Crippen molar-refractivity contribution < 1.29 is 9.59 Å². The maximum absolute atomic E-state index is 11.6. The summed E-state index contributed by atoms with van der Waals surface area (Å²) in [6.45, 7) is 0.0409. The molecule has 2 aromatic rings. The summed E-state index contributed by atoms with van der Waals surface area (Å²) in [5.74, 6) is -0.235. The van der Waals surface area contributed by atoms with Gasteiger partial charge in [-0.15, -0.1) is 0 Å². The van der Waals surface area contributed by atoms with Crippen LogP contribution >= 0.6 is 0 Å². The molecule has 0 radical (unpaired) electrons. The Morgan fingerprint density at radius 1 is 0.944 bits per heavy atom. The van der Waals surface area contributed by atoms with Crippen LogP contribution in [0.15, 0.2) is 54.6 Å². The highest BCUT2D eigenvalue weighted by molar-refractivity contribution is 5.95. The second-order valence-corrected chi connectivity index (χ2v) is 3.82. The van der Waals surface area contributed by atoms with E-state index < -0.39 is 0 Å². The van der Waals surface area contributed by atoms with Gasteiger partial charge in [0.25, 0.3) is 5.91 Å². The normalized spacial score (nSPS) is 9.78. The van der Waals surface area contributed by atoms with Gasteiger partial charge in [0.15, 0.2) is 0 Å². The predicted octanol–water partition coefficient (Wildman–Crippen LogP) is 2.28. The largest absolute Gasteiger partial charge is 0.345 e. The van der Waals surface area contributed by atoms with E-state index in [1.165, 1.54) is 0 Å². The monoisotopic (exact) mass is 239 g/mol. The molecule has 18 heavy (non-hydrogen) atoms. The van der Waals surface area contributed by atoms with Crippen molar-refractivity contribution >= 4 is 12.2 Å². The van der Waals surface area contributed by atoms with E-state index in [-0.39, 0.29) is 12.5 Å². The summed E-state index contributed by atoms with van der Waals surface area (Å²) < 4.78 is 0. The predicted molar refractivity (Wildman–Crippen MR) is 70.3 cm³/mol. The van der Waals surface area contributed by atoms with Crippen LogP contribution in [0.1, 0.15) is 10.4 Å². The first-order valence-corrected chi connectivity index (χ1v) is 5.68. The van der Waals surface area contributed by atoms with Crippen molar-refractivity contribution in [2.45, 2.75) is 0 Å². The van der Waals surface area contributed by atoms with E-state index >= 15 is 0 Å². The molecule has 0 fully saturated rings. The molecule has 2 aromatic carbocycles. The summed E-state index contributed by atoms with van der Waals surface area (Å²) in [5.41, 5.74) is 2.72. The van der Waals surface area contributed by atoms with Crippen LogP contribution in [-0.2, 0) is 4.79 Å². The number of carbonyl (C=O) groups is 2. The molecule has 0 aliphatic rings. The number of amides is 1. The molecule has 0 spiro atoms. The Morgan fingerprint density at radius 3 is 2.17 bits per heavy atom. The van der Waals surface area contributed by atoms with Gasteiger partial charge < -0.3 is 10.1 Å². The number of carbonyl (C=O) groups excluding carboxylic acids is 2. The van der Waals surface area contributed by atoms with E-state index in [0.717, 1.165) is 11.1 Å². The van der Waals surface area contributed by atoms with Gasteiger partial charge in [0, 0.05) is 5.56 Å². The Labute approximate surface area is 105 Å². The zero-order valence-electron chi connectivity index (χ0n) is 9.80. The lowest BCUT2D eigenvalue weighted by Gasteiger charge is -2.04. The molecule has 0 aliphatic heterocycles. The molecule has 90 valence electrons. The van der Waals surface area contributed by atoms with Gasteiger partial charge in [-0.25, -0.2) is 0 Å². The Bertz CT molecular complexity index is 532. The second kappa shape index (κ2) is 5.77. The summed E-state index contributed by atoms with van der Waals surface area (Å²) in [6.07, 6.45) is 0.663. The molecule has 1 N–H and O–H groups in total. The highest BCUT2D eigenvalue weighted by atomic mass is 16.2. The summed E-state index contributed by atoms with van der Waals surface area (Å²) in [6, 6.07) is 17.2. The molecule has 0 heterocycles. The second-order valence-electron chi connectivity index (χ2n) is 3.82. The molecule has 2 rings (SSSR count). The molecular formula is C15H13NO2. The van der Waals surface area contributed by atoms with Crippen molar-refractivity contribution in [2.24, 2.45) is 0 Å². The number of hydrogen-bond donors (Lipinski definition) is 1. The maximum Gasteiger partial charge on any atom is 0.251 e. The summed E-state index contributed by atoms with van der Waals surface area (Å²) in [5, 5.41) is 2.50. The minimum Gasteiger partial charge on any atom is -0.345 e. The third kappa shape index (κ3) is 2.83. The Balaban J connectivity index is 2.15. The molecule has 0 saturated carbocycles. The summed E-state index contributed by atoms with van der Waals surface area (Å²) in [7, 11) is 0. The van der Waals surface area contributed by atoms with E-state index in [0.29, 0.717) is 11.8 Å². The van der Waals surface area contributed by atoms with E-state index in [2.05, 4.69) is 5.32 Å². The summed E-state index contributed by atoms with van der Waals surface area (Å²) in [4.78, 5) is 21.7. The van der Waals surface area contributed by atoms with Crippen LogP contribution in [-0.4, -0.2) is 18.7 Å². The van der Waals surface area contributed by atoms with Gasteiger partial charge in [-0.3, -0.25) is 4.79 Å². The minimum atomic E-state index is -0.235. The van der Waals surface area contributed by atoms with E-state index in [1.807, 2.05) is 42.5 Å². The SMILES string of the molecule is O=CCNC(=O)c1ccc(-c2ccccc2)cc1. The number of rotatable bonds is 4. The van der Waals surface area contributed by atoms with Crippen molar-refractivity contribution in [2.75, 3.05) is 6.54 Å².